The lowest BCUT2D eigenvalue weighted by molar-refractivity contribution is -0.697. The van der Waals surface area contributed by atoms with Crippen molar-refractivity contribution in [1.29, 1.82) is 0 Å². The molecule has 1 aromatic heterocycles. The first-order valence-corrected chi connectivity index (χ1v) is 9.94. The maximum atomic E-state index is 2.32. The highest BCUT2D eigenvalue weighted by molar-refractivity contribution is 5.61. The molecule has 0 fully saturated rings. The molecular formula is C23H34N+. The Hall–Kier alpha value is -1.63. The fourth-order valence-electron chi connectivity index (χ4n) is 3.21. The average Bonchev–Trinajstić information content (AvgIpc) is 2.64. The van der Waals surface area contributed by atoms with Gasteiger partial charge in [-0.15, -0.1) is 0 Å². The van der Waals surface area contributed by atoms with Crippen LogP contribution in [0.3, 0.4) is 0 Å². The normalized spacial score (nSPS) is 10.9. The molecule has 130 valence electrons. The smallest absolute Gasteiger partial charge is 0.169 e. The van der Waals surface area contributed by atoms with Crippen molar-refractivity contribution in [1.82, 2.24) is 0 Å². The number of aryl methyl sites for hydroxylation is 1. The van der Waals surface area contributed by atoms with Crippen LogP contribution in [0.1, 0.15) is 71.1 Å². The molecule has 0 unspecified atom stereocenters. The molecule has 1 heteroatoms. The van der Waals surface area contributed by atoms with Crippen LogP contribution in [-0.4, -0.2) is 0 Å². The first kappa shape index (κ1) is 18.7. The summed E-state index contributed by atoms with van der Waals surface area (Å²) < 4.78 is 2.32. The van der Waals surface area contributed by atoms with Crippen LogP contribution in [-0.2, 0) is 6.54 Å². The first-order chi connectivity index (χ1) is 11.9. The van der Waals surface area contributed by atoms with E-state index >= 15 is 0 Å². The van der Waals surface area contributed by atoms with E-state index in [9.17, 15) is 0 Å². The van der Waals surface area contributed by atoms with Crippen molar-refractivity contribution >= 4 is 0 Å². The molecule has 1 nitrogen and oxygen atoms in total. The Labute approximate surface area is 148 Å². The van der Waals surface area contributed by atoms with Crippen LogP contribution in [0, 0.1) is 0 Å². The predicted octanol–water partition coefficient (Wildman–Crippen LogP) is 6.56. The molecule has 1 aromatic carbocycles. The molecule has 0 aliphatic carbocycles. The summed E-state index contributed by atoms with van der Waals surface area (Å²) in [7, 11) is 0. The molecule has 2 rings (SSSR count). The van der Waals surface area contributed by atoms with Crippen LogP contribution < -0.4 is 4.57 Å². The summed E-state index contributed by atoms with van der Waals surface area (Å²) in [6.07, 6.45) is 18.4. The number of aromatic nitrogens is 1. The van der Waals surface area contributed by atoms with E-state index < -0.39 is 0 Å². The van der Waals surface area contributed by atoms with E-state index in [-0.39, 0.29) is 0 Å². The highest BCUT2D eigenvalue weighted by Gasteiger charge is 2.02. The number of rotatable bonds is 12. The van der Waals surface area contributed by atoms with Gasteiger partial charge in [-0.2, -0.15) is 0 Å². The fraction of sp³-hybridized carbons (Fsp3) is 0.522. The lowest BCUT2D eigenvalue weighted by Crippen LogP contribution is -2.32. The molecule has 0 aliphatic rings. The molecule has 0 saturated carbocycles. The van der Waals surface area contributed by atoms with Crippen LogP contribution in [0.25, 0.3) is 11.1 Å². The van der Waals surface area contributed by atoms with Gasteiger partial charge in [0.1, 0.15) is 6.54 Å². The lowest BCUT2D eigenvalue weighted by atomic mass is 10.1. The first-order valence-electron chi connectivity index (χ1n) is 9.94. The summed E-state index contributed by atoms with van der Waals surface area (Å²) in [5.74, 6) is 0. The van der Waals surface area contributed by atoms with E-state index in [1.807, 2.05) is 0 Å². The number of benzene rings is 1. The molecule has 0 atom stereocenters. The van der Waals surface area contributed by atoms with E-state index in [0.717, 1.165) is 6.54 Å². The Balaban J connectivity index is 1.55. The van der Waals surface area contributed by atoms with E-state index in [4.69, 9.17) is 0 Å². The Morgan fingerprint density at radius 1 is 0.583 bits per heavy atom. The van der Waals surface area contributed by atoms with E-state index in [1.54, 1.807) is 0 Å². The zero-order valence-electron chi connectivity index (χ0n) is 15.4. The second-order valence-electron chi connectivity index (χ2n) is 6.87. The van der Waals surface area contributed by atoms with E-state index in [0.29, 0.717) is 0 Å². The number of nitrogens with zero attached hydrogens (tertiary/aromatic N) is 1. The van der Waals surface area contributed by atoms with Crippen molar-refractivity contribution in [3.05, 3.63) is 54.9 Å². The average molecular weight is 325 g/mol. The van der Waals surface area contributed by atoms with Crippen LogP contribution in [0.5, 0.6) is 0 Å². The second kappa shape index (κ2) is 11.8. The SMILES string of the molecule is CCCCCCCCCCCC[n+]1ccc(-c2ccccc2)cc1. The minimum atomic E-state index is 1.14. The summed E-state index contributed by atoms with van der Waals surface area (Å²) in [5, 5.41) is 0. The van der Waals surface area contributed by atoms with Gasteiger partial charge in [0.15, 0.2) is 12.4 Å². The standard InChI is InChI=1S/C23H34N/c1-2-3-4-5-6-7-8-9-10-14-19-24-20-17-23(18-21-24)22-15-12-11-13-16-22/h11-13,15-18,20-21H,2-10,14,19H2,1H3/q+1. The van der Waals surface area contributed by atoms with E-state index in [1.165, 1.54) is 75.3 Å². The third kappa shape index (κ3) is 7.29. The highest BCUT2D eigenvalue weighted by Crippen LogP contribution is 2.16. The quantitative estimate of drug-likeness (QED) is 0.307. The fourth-order valence-corrected chi connectivity index (χ4v) is 3.21. The van der Waals surface area contributed by atoms with Gasteiger partial charge in [0.2, 0.25) is 0 Å². The van der Waals surface area contributed by atoms with Crippen molar-refractivity contribution < 1.29 is 4.57 Å². The maximum Gasteiger partial charge on any atom is 0.169 e. The summed E-state index contributed by atoms with van der Waals surface area (Å²) in [6, 6.07) is 15.1. The van der Waals surface area contributed by atoms with Gasteiger partial charge in [-0.1, -0.05) is 88.6 Å². The minimum Gasteiger partial charge on any atom is -0.205 e. The summed E-state index contributed by atoms with van der Waals surface area (Å²) in [4.78, 5) is 0. The van der Waals surface area contributed by atoms with Gasteiger partial charge >= 0.3 is 0 Å². The molecule has 0 N–H and O–H groups in total. The molecule has 0 aliphatic heterocycles. The van der Waals surface area contributed by atoms with Crippen molar-refractivity contribution in [3.63, 3.8) is 0 Å². The zero-order valence-corrected chi connectivity index (χ0v) is 15.4. The van der Waals surface area contributed by atoms with Gasteiger partial charge < -0.3 is 0 Å². The molecule has 1 heterocycles. The third-order valence-corrected chi connectivity index (χ3v) is 4.77. The van der Waals surface area contributed by atoms with Crippen LogP contribution >= 0.6 is 0 Å². The number of unbranched alkanes of at least 4 members (excludes halogenated alkanes) is 9. The minimum absolute atomic E-state index is 1.14. The second-order valence-corrected chi connectivity index (χ2v) is 6.87. The molecule has 0 amide bonds. The highest BCUT2D eigenvalue weighted by atomic mass is 14.9. The predicted molar refractivity (Wildman–Crippen MR) is 104 cm³/mol. The largest absolute Gasteiger partial charge is 0.205 e. The summed E-state index contributed by atoms with van der Waals surface area (Å²) >= 11 is 0. The molecule has 2 aromatic rings. The molecule has 0 bridgehead atoms. The third-order valence-electron chi connectivity index (χ3n) is 4.77. The lowest BCUT2D eigenvalue weighted by Gasteiger charge is -2.02. The Morgan fingerprint density at radius 2 is 1.08 bits per heavy atom. The monoisotopic (exact) mass is 324 g/mol. The molecule has 0 spiro atoms. The number of hydrogen-bond acceptors (Lipinski definition) is 0. The molecule has 0 saturated heterocycles. The molecular weight excluding hydrogens is 290 g/mol. The summed E-state index contributed by atoms with van der Waals surface area (Å²) in [5.41, 5.74) is 2.60. The van der Waals surface area contributed by atoms with Gasteiger partial charge in [-0.3, -0.25) is 0 Å². The zero-order chi connectivity index (χ0) is 16.9. The Bertz CT molecular complexity index is 530. The number of hydrogen-bond donors (Lipinski definition) is 0. The topological polar surface area (TPSA) is 3.88 Å². The van der Waals surface area contributed by atoms with Crippen molar-refractivity contribution in [3.8, 4) is 11.1 Å². The van der Waals surface area contributed by atoms with Crippen molar-refractivity contribution in [2.75, 3.05) is 0 Å². The van der Waals surface area contributed by atoms with Gasteiger partial charge in [-0.05, 0) is 17.5 Å². The van der Waals surface area contributed by atoms with Gasteiger partial charge in [0.25, 0.3) is 0 Å². The Morgan fingerprint density at radius 3 is 1.67 bits per heavy atom. The molecule has 0 radical (unpaired) electrons. The number of pyridine rings is 1. The van der Waals surface area contributed by atoms with Gasteiger partial charge in [-0.25, -0.2) is 4.57 Å². The Kier molecular flexibility index (Phi) is 9.23. The maximum absolute atomic E-state index is 2.32. The van der Waals surface area contributed by atoms with Gasteiger partial charge in [0.05, 0.1) is 0 Å². The van der Waals surface area contributed by atoms with Gasteiger partial charge in [0, 0.05) is 18.6 Å². The van der Waals surface area contributed by atoms with Crippen molar-refractivity contribution in [2.45, 2.75) is 77.7 Å². The van der Waals surface area contributed by atoms with Crippen LogP contribution in [0.15, 0.2) is 54.9 Å². The van der Waals surface area contributed by atoms with E-state index in [2.05, 4.69) is 66.3 Å². The van der Waals surface area contributed by atoms with Crippen LogP contribution in [0.2, 0.25) is 0 Å². The summed E-state index contributed by atoms with van der Waals surface area (Å²) in [6.45, 7) is 3.43. The van der Waals surface area contributed by atoms with Crippen molar-refractivity contribution in [2.24, 2.45) is 0 Å². The molecule has 24 heavy (non-hydrogen) atoms. The van der Waals surface area contributed by atoms with Crippen LogP contribution in [0.4, 0.5) is 0 Å².